The number of nitrogen functional groups attached to an aromatic ring is 1. The molecule has 1 amide bonds. The number of hydrogen-bond donors (Lipinski definition) is 2. The number of alkyl halides is 6. The molecule has 21 heavy (non-hydrogen) atoms. The first-order valence-electron chi connectivity index (χ1n) is 5.46. The number of halogens is 6. The second-order valence-electron chi connectivity index (χ2n) is 3.85. The van der Waals surface area contributed by atoms with E-state index in [9.17, 15) is 31.1 Å². The molecule has 0 saturated heterocycles. The Labute approximate surface area is 119 Å². The molecule has 0 heterocycles. The molecule has 3 N–H and O–H groups in total. The molecule has 0 spiro atoms. The van der Waals surface area contributed by atoms with Crippen LogP contribution in [0.5, 0.6) is 0 Å². The third kappa shape index (κ3) is 5.74. The van der Waals surface area contributed by atoms with Gasteiger partial charge in [0.1, 0.15) is 0 Å². The monoisotopic (exact) mass is 332 g/mol. The number of hydrogen-bond acceptors (Lipinski definition) is 3. The maximum atomic E-state index is 12.5. The van der Waals surface area contributed by atoms with Crippen LogP contribution in [-0.2, 0) is 6.18 Å². The van der Waals surface area contributed by atoms with E-state index in [1.54, 1.807) is 0 Å². The molecule has 0 aliphatic rings. The zero-order valence-corrected chi connectivity index (χ0v) is 11.1. The first kappa shape index (κ1) is 17.5. The average Bonchev–Trinajstić information content (AvgIpc) is 2.32. The van der Waals surface area contributed by atoms with Crippen LogP contribution in [0, 0.1) is 0 Å². The topological polar surface area (TPSA) is 55.1 Å². The molecule has 0 fully saturated rings. The molecule has 0 radical (unpaired) electrons. The Bertz CT molecular complexity index is 514. The molecule has 10 heteroatoms. The van der Waals surface area contributed by atoms with Crippen LogP contribution >= 0.6 is 11.8 Å². The van der Waals surface area contributed by atoms with Crippen LogP contribution in [0.2, 0.25) is 0 Å². The quantitative estimate of drug-likeness (QED) is 0.505. The molecule has 3 nitrogen and oxygen atoms in total. The second-order valence-corrected chi connectivity index (χ2v) is 5.01. The maximum Gasteiger partial charge on any atom is 0.441 e. The maximum absolute atomic E-state index is 12.5. The van der Waals surface area contributed by atoms with E-state index in [2.05, 4.69) is 5.32 Å². The molecular formula is C11H10F6N2OS. The lowest BCUT2D eigenvalue weighted by molar-refractivity contribution is -0.137. The minimum atomic E-state index is -4.64. The summed E-state index contributed by atoms with van der Waals surface area (Å²) in [6.07, 6.45) is -4.64. The van der Waals surface area contributed by atoms with E-state index in [-0.39, 0.29) is 24.0 Å². The average molecular weight is 332 g/mol. The molecule has 118 valence electrons. The highest BCUT2D eigenvalue weighted by molar-refractivity contribution is 8.00. The van der Waals surface area contributed by atoms with Crippen molar-refractivity contribution in [2.24, 2.45) is 0 Å². The minimum Gasteiger partial charge on any atom is -0.398 e. The number of amides is 1. The number of anilines is 1. The van der Waals surface area contributed by atoms with Crippen molar-refractivity contribution in [3.8, 4) is 0 Å². The summed E-state index contributed by atoms with van der Waals surface area (Å²) in [7, 11) is 0. The molecular weight excluding hydrogens is 322 g/mol. The molecule has 0 aliphatic heterocycles. The Morgan fingerprint density at radius 1 is 1.19 bits per heavy atom. The Hall–Kier alpha value is -1.58. The summed E-state index contributed by atoms with van der Waals surface area (Å²) in [6, 6.07) is 2.19. The summed E-state index contributed by atoms with van der Waals surface area (Å²) < 4.78 is 73.1. The van der Waals surface area contributed by atoms with Crippen molar-refractivity contribution >= 4 is 23.4 Å². The van der Waals surface area contributed by atoms with Gasteiger partial charge in [-0.2, -0.15) is 26.3 Å². The van der Waals surface area contributed by atoms with Crippen molar-refractivity contribution < 1.29 is 31.1 Å². The van der Waals surface area contributed by atoms with Crippen molar-refractivity contribution in [3.05, 3.63) is 29.3 Å². The lowest BCUT2D eigenvalue weighted by Crippen LogP contribution is -2.27. The Balaban J connectivity index is 2.70. The van der Waals surface area contributed by atoms with E-state index in [1.807, 2.05) is 0 Å². The molecule has 1 aromatic carbocycles. The summed E-state index contributed by atoms with van der Waals surface area (Å²) in [5, 5.41) is 2.08. The summed E-state index contributed by atoms with van der Waals surface area (Å²) in [6.45, 7) is -0.349. The third-order valence-electron chi connectivity index (χ3n) is 2.28. The van der Waals surface area contributed by atoms with Gasteiger partial charge in [0.05, 0.1) is 11.1 Å². The molecule has 0 saturated carbocycles. The van der Waals surface area contributed by atoms with Gasteiger partial charge in [0.25, 0.3) is 5.91 Å². The van der Waals surface area contributed by atoms with Crippen LogP contribution in [0.3, 0.4) is 0 Å². The molecule has 1 rings (SSSR count). The normalized spacial score (nSPS) is 12.3. The van der Waals surface area contributed by atoms with Gasteiger partial charge in [-0.05, 0) is 30.0 Å². The highest BCUT2D eigenvalue weighted by atomic mass is 32.2. The largest absolute Gasteiger partial charge is 0.441 e. The molecule has 0 unspecified atom stereocenters. The van der Waals surface area contributed by atoms with Crippen LogP contribution in [0.25, 0.3) is 0 Å². The number of carbonyl (C=O) groups excluding carboxylic acids is 1. The second kappa shape index (κ2) is 6.46. The zero-order valence-electron chi connectivity index (χ0n) is 10.3. The first-order chi connectivity index (χ1) is 9.50. The number of rotatable bonds is 4. The predicted octanol–water partition coefficient (Wildman–Crippen LogP) is 3.27. The number of benzene rings is 1. The number of nitrogens with two attached hydrogens (primary N) is 1. The Morgan fingerprint density at radius 3 is 2.33 bits per heavy atom. The molecule has 0 bridgehead atoms. The van der Waals surface area contributed by atoms with E-state index < -0.39 is 34.5 Å². The molecule has 0 aromatic heterocycles. The van der Waals surface area contributed by atoms with Gasteiger partial charge >= 0.3 is 11.7 Å². The van der Waals surface area contributed by atoms with Crippen LogP contribution < -0.4 is 11.1 Å². The van der Waals surface area contributed by atoms with Crippen LogP contribution in [-0.4, -0.2) is 23.7 Å². The highest BCUT2D eigenvalue weighted by Gasteiger charge is 2.31. The fourth-order valence-corrected chi connectivity index (χ4v) is 1.79. The number of carbonyl (C=O) groups is 1. The fourth-order valence-electron chi connectivity index (χ4n) is 1.36. The van der Waals surface area contributed by atoms with Crippen molar-refractivity contribution in [3.63, 3.8) is 0 Å². The third-order valence-corrected chi connectivity index (χ3v) is 3.01. The van der Waals surface area contributed by atoms with Crippen molar-refractivity contribution in [1.29, 1.82) is 0 Å². The smallest absolute Gasteiger partial charge is 0.398 e. The summed E-state index contributed by atoms with van der Waals surface area (Å²) >= 11 is -0.344. The van der Waals surface area contributed by atoms with E-state index >= 15 is 0 Å². The standard InChI is InChI=1S/C11H10F6N2OS/c12-10(13,14)6-1-2-8(18)7(5-6)9(20)19-3-4-21-11(15,16)17/h1-2,5H,3-4,18H2,(H,19,20). The van der Waals surface area contributed by atoms with Crippen molar-refractivity contribution in [2.45, 2.75) is 11.7 Å². The van der Waals surface area contributed by atoms with E-state index in [0.717, 1.165) is 6.07 Å². The summed E-state index contributed by atoms with van der Waals surface area (Å²) in [4.78, 5) is 11.6. The van der Waals surface area contributed by atoms with E-state index in [4.69, 9.17) is 5.73 Å². The SMILES string of the molecule is Nc1ccc(C(F)(F)F)cc1C(=O)NCCSC(F)(F)F. The van der Waals surface area contributed by atoms with Gasteiger partial charge in [-0.3, -0.25) is 4.79 Å². The van der Waals surface area contributed by atoms with Crippen LogP contribution in [0.1, 0.15) is 15.9 Å². The van der Waals surface area contributed by atoms with Gasteiger partial charge in [0.2, 0.25) is 0 Å². The number of nitrogens with one attached hydrogen (secondary N) is 1. The van der Waals surface area contributed by atoms with E-state index in [0.29, 0.717) is 12.1 Å². The number of thioether (sulfide) groups is 1. The lowest BCUT2D eigenvalue weighted by atomic mass is 10.1. The summed E-state index contributed by atoms with van der Waals surface area (Å²) in [5.41, 5.74) is -0.720. The highest BCUT2D eigenvalue weighted by Crippen LogP contribution is 2.31. The molecule has 0 atom stereocenters. The van der Waals surface area contributed by atoms with Crippen molar-refractivity contribution in [2.75, 3.05) is 18.0 Å². The van der Waals surface area contributed by atoms with E-state index in [1.165, 1.54) is 0 Å². The lowest BCUT2D eigenvalue weighted by Gasteiger charge is -2.11. The first-order valence-corrected chi connectivity index (χ1v) is 6.45. The Morgan fingerprint density at radius 2 is 1.81 bits per heavy atom. The van der Waals surface area contributed by atoms with Gasteiger partial charge in [-0.1, -0.05) is 0 Å². The van der Waals surface area contributed by atoms with Gasteiger partial charge in [-0.15, -0.1) is 0 Å². The predicted molar refractivity (Wildman–Crippen MR) is 66.7 cm³/mol. The summed E-state index contributed by atoms with van der Waals surface area (Å²) in [5.74, 6) is -1.41. The fraction of sp³-hybridized carbons (Fsp3) is 0.364. The van der Waals surface area contributed by atoms with Crippen molar-refractivity contribution in [1.82, 2.24) is 5.32 Å². The zero-order chi connectivity index (χ0) is 16.3. The van der Waals surface area contributed by atoms with Gasteiger partial charge in [0, 0.05) is 18.0 Å². The van der Waals surface area contributed by atoms with Gasteiger partial charge < -0.3 is 11.1 Å². The Kier molecular flexibility index (Phi) is 5.37. The van der Waals surface area contributed by atoms with Gasteiger partial charge in [0.15, 0.2) is 0 Å². The molecule has 1 aromatic rings. The molecule has 0 aliphatic carbocycles. The van der Waals surface area contributed by atoms with Gasteiger partial charge in [-0.25, -0.2) is 0 Å². The van der Waals surface area contributed by atoms with Crippen LogP contribution in [0.15, 0.2) is 18.2 Å². The van der Waals surface area contributed by atoms with Crippen LogP contribution in [0.4, 0.5) is 32.0 Å². The minimum absolute atomic E-state index is 0.191.